The maximum absolute atomic E-state index is 5.27. The highest BCUT2D eigenvalue weighted by Crippen LogP contribution is 2.30. The number of methoxy groups -OCH3 is 1. The molecule has 0 bridgehead atoms. The van der Waals surface area contributed by atoms with Crippen molar-refractivity contribution in [3.8, 4) is 0 Å². The van der Waals surface area contributed by atoms with Crippen molar-refractivity contribution in [2.75, 3.05) is 13.7 Å². The minimum absolute atomic E-state index is 0.449. The van der Waals surface area contributed by atoms with Crippen molar-refractivity contribution >= 4 is 0 Å². The molecule has 1 heteroatoms. The van der Waals surface area contributed by atoms with E-state index in [1.54, 1.807) is 0 Å². The summed E-state index contributed by atoms with van der Waals surface area (Å²) in [6.07, 6.45) is 10.9. The zero-order valence-corrected chi connectivity index (χ0v) is 15.3. The number of hydrogen-bond acceptors (Lipinski definition) is 1. The minimum Gasteiger partial charge on any atom is -0.385 e. The normalized spacial score (nSPS) is 14.6. The van der Waals surface area contributed by atoms with Crippen LogP contribution in [-0.4, -0.2) is 13.7 Å². The van der Waals surface area contributed by atoms with E-state index in [1.165, 1.54) is 51.4 Å². The van der Waals surface area contributed by atoms with Crippen molar-refractivity contribution in [1.29, 1.82) is 0 Å². The molecule has 0 fully saturated rings. The van der Waals surface area contributed by atoms with Gasteiger partial charge in [0.1, 0.15) is 0 Å². The molecule has 1 atom stereocenters. The first-order valence-corrected chi connectivity index (χ1v) is 8.63. The molecular formula is C19H40O. The van der Waals surface area contributed by atoms with Crippen molar-refractivity contribution in [3.63, 3.8) is 0 Å². The fourth-order valence-electron chi connectivity index (χ4n) is 2.94. The summed E-state index contributed by atoms with van der Waals surface area (Å²) in [5, 5.41) is 0. The van der Waals surface area contributed by atoms with Gasteiger partial charge >= 0.3 is 0 Å². The first-order chi connectivity index (χ1) is 9.14. The first-order valence-electron chi connectivity index (χ1n) is 8.63. The topological polar surface area (TPSA) is 9.23 Å². The summed E-state index contributed by atoms with van der Waals surface area (Å²) in [4.78, 5) is 0. The van der Waals surface area contributed by atoms with E-state index in [2.05, 4.69) is 41.5 Å². The SMILES string of the molecule is COCC[C@@H](CCCCCCC(C)(C)C)CC(C)(C)C. The van der Waals surface area contributed by atoms with Gasteiger partial charge in [0.05, 0.1) is 0 Å². The summed E-state index contributed by atoms with van der Waals surface area (Å²) >= 11 is 0. The molecule has 122 valence electrons. The summed E-state index contributed by atoms with van der Waals surface area (Å²) in [6.45, 7) is 15.0. The van der Waals surface area contributed by atoms with Crippen LogP contribution in [0, 0.1) is 16.7 Å². The lowest BCUT2D eigenvalue weighted by atomic mass is 9.81. The predicted octanol–water partition coefficient (Wildman–Crippen LogP) is 6.46. The molecule has 0 saturated carbocycles. The van der Waals surface area contributed by atoms with E-state index in [0.29, 0.717) is 10.8 Å². The Morgan fingerprint density at radius 1 is 0.750 bits per heavy atom. The molecule has 0 aliphatic rings. The number of unbranched alkanes of at least 4 members (excludes halogenated alkanes) is 3. The van der Waals surface area contributed by atoms with E-state index in [4.69, 9.17) is 4.74 Å². The molecule has 0 aromatic heterocycles. The first kappa shape index (κ1) is 20.0. The molecule has 0 aromatic carbocycles. The Hall–Kier alpha value is -0.0400. The number of ether oxygens (including phenoxy) is 1. The Morgan fingerprint density at radius 2 is 1.35 bits per heavy atom. The molecule has 0 heterocycles. The molecule has 1 nitrogen and oxygen atoms in total. The van der Waals surface area contributed by atoms with E-state index in [9.17, 15) is 0 Å². The highest BCUT2D eigenvalue weighted by Gasteiger charge is 2.18. The van der Waals surface area contributed by atoms with Crippen LogP contribution < -0.4 is 0 Å². The van der Waals surface area contributed by atoms with Crippen LogP contribution in [0.25, 0.3) is 0 Å². The molecule has 0 unspecified atom stereocenters. The molecule has 0 aliphatic heterocycles. The van der Waals surface area contributed by atoms with E-state index >= 15 is 0 Å². The monoisotopic (exact) mass is 284 g/mol. The lowest BCUT2D eigenvalue weighted by molar-refractivity contribution is 0.157. The van der Waals surface area contributed by atoms with E-state index in [1.807, 2.05) is 7.11 Å². The van der Waals surface area contributed by atoms with E-state index < -0.39 is 0 Å². The van der Waals surface area contributed by atoms with Crippen LogP contribution in [0.5, 0.6) is 0 Å². The van der Waals surface area contributed by atoms with Crippen molar-refractivity contribution in [1.82, 2.24) is 0 Å². The van der Waals surface area contributed by atoms with Gasteiger partial charge in [-0.15, -0.1) is 0 Å². The van der Waals surface area contributed by atoms with Crippen molar-refractivity contribution < 1.29 is 4.74 Å². The van der Waals surface area contributed by atoms with Crippen molar-refractivity contribution in [2.24, 2.45) is 16.7 Å². The second-order valence-electron chi connectivity index (χ2n) is 8.93. The van der Waals surface area contributed by atoms with E-state index in [-0.39, 0.29) is 0 Å². The molecule has 20 heavy (non-hydrogen) atoms. The van der Waals surface area contributed by atoms with Gasteiger partial charge in [-0.25, -0.2) is 0 Å². The quantitative estimate of drug-likeness (QED) is 0.418. The second-order valence-corrected chi connectivity index (χ2v) is 8.93. The Bertz CT molecular complexity index is 219. The molecule has 0 aliphatic carbocycles. The summed E-state index contributed by atoms with van der Waals surface area (Å²) in [5.74, 6) is 0.845. The second kappa shape index (κ2) is 9.82. The Balaban J connectivity index is 3.79. The molecule has 0 spiro atoms. The molecule has 0 radical (unpaired) electrons. The van der Waals surface area contributed by atoms with Gasteiger partial charge < -0.3 is 4.74 Å². The summed E-state index contributed by atoms with van der Waals surface area (Å²) in [6, 6.07) is 0. The zero-order valence-electron chi connectivity index (χ0n) is 15.3. The van der Waals surface area contributed by atoms with Crippen LogP contribution >= 0.6 is 0 Å². The number of rotatable bonds is 10. The summed E-state index contributed by atoms with van der Waals surface area (Å²) in [7, 11) is 1.82. The largest absolute Gasteiger partial charge is 0.385 e. The van der Waals surface area contributed by atoms with Gasteiger partial charge in [-0.2, -0.15) is 0 Å². The van der Waals surface area contributed by atoms with Gasteiger partial charge in [-0.3, -0.25) is 0 Å². The Kier molecular flexibility index (Phi) is 9.80. The van der Waals surface area contributed by atoms with Crippen LogP contribution in [-0.2, 0) is 4.74 Å². The third-order valence-corrected chi connectivity index (χ3v) is 3.92. The van der Waals surface area contributed by atoms with Gasteiger partial charge in [0.15, 0.2) is 0 Å². The van der Waals surface area contributed by atoms with Crippen LogP contribution in [0.15, 0.2) is 0 Å². The van der Waals surface area contributed by atoms with Gasteiger partial charge in [0, 0.05) is 13.7 Å². The van der Waals surface area contributed by atoms with Gasteiger partial charge in [-0.1, -0.05) is 73.6 Å². The van der Waals surface area contributed by atoms with Crippen LogP contribution in [0.2, 0.25) is 0 Å². The maximum atomic E-state index is 5.27. The molecular weight excluding hydrogens is 244 g/mol. The van der Waals surface area contributed by atoms with Crippen molar-refractivity contribution in [3.05, 3.63) is 0 Å². The molecule has 0 saturated heterocycles. The van der Waals surface area contributed by atoms with Crippen LogP contribution in [0.3, 0.4) is 0 Å². The molecule has 0 amide bonds. The number of hydrogen-bond donors (Lipinski definition) is 0. The molecule has 0 aromatic rings. The lowest BCUT2D eigenvalue weighted by Gasteiger charge is -2.26. The Labute approximate surface area is 128 Å². The van der Waals surface area contributed by atoms with Crippen LogP contribution in [0.1, 0.15) is 92.9 Å². The van der Waals surface area contributed by atoms with Crippen molar-refractivity contribution in [2.45, 2.75) is 92.9 Å². The average molecular weight is 285 g/mol. The van der Waals surface area contributed by atoms with E-state index in [0.717, 1.165) is 12.5 Å². The van der Waals surface area contributed by atoms with Gasteiger partial charge in [-0.05, 0) is 36.0 Å². The predicted molar refractivity (Wildman–Crippen MR) is 91.2 cm³/mol. The fraction of sp³-hybridized carbons (Fsp3) is 1.00. The molecule has 0 N–H and O–H groups in total. The third kappa shape index (κ3) is 14.4. The highest BCUT2D eigenvalue weighted by molar-refractivity contribution is 4.70. The van der Waals surface area contributed by atoms with Gasteiger partial charge in [0.25, 0.3) is 0 Å². The maximum Gasteiger partial charge on any atom is 0.0464 e. The third-order valence-electron chi connectivity index (χ3n) is 3.92. The molecule has 0 rings (SSSR count). The standard InChI is InChI=1S/C19H40O/c1-18(2,3)14-11-9-8-10-12-17(13-15-20-7)16-19(4,5)6/h17H,8-16H2,1-7H3/t17-/m1/s1. The minimum atomic E-state index is 0.449. The highest BCUT2D eigenvalue weighted by atomic mass is 16.5. The van der Waals surface area contributed by atoms with Crippen LogP contribution in [0.4, 0.5) is 0 Å². The van der Waals surface area contributed by atoms with Gasteiger partial charge in [0.2, 0.25) is 0 Å². The summed E-state index contributed by atoms with van der Waals surface area (Å²) in [5.41, 5.74) is 0.956. The average Bonchev–Trinajstić information content (AvgIpc) is 2.27. The smallest absolute Gasteiger partial charge is 0.0464 e. The Morgan fingerprint density at radius 3 is 1.85 bits per heavy atom. The lowest BCUT2D eigenvalue weighted by Crippen LogP contribution is -2.15. The summed E-state index contributed by atoms with van der Waals surface area (Å²) < 4.78 is 5.27. The zero-order chi connectivity index (χ0) is 15.6. The fourth-order valence-corrected chi connectivity index (χ4v) is 2.94.